The molecule has 2 aromatic carbocycles. The molecular formula is C41H41F2N9O3. The summed E-state index contributed by atoms with van der Waals surface area (Å²) in [5, 5.41) is 7.32. The highest BCUT2D eigenvalue weighted by Crippen LogP contribution is 2.36. The summed E-state index contributed by atoms with van der Waals surface area (Å²) in [4.78, 5) is 55.0. The van der Waals surface area contributed by atoms with Crippen LogP contribution in [0.5, 0.6) is 0 Å². The first-order valence-corrected chi connectivity index (χ1v) is 19.0. The van der Waals surface area contributed by atoms with Crippen molar-refractivity contribution in [2.75, 3.05) is 36.5 Å². The molecule has 0 saturated carbocycles. The summed E-state index contributed by atoms with van der Waals surface area (Å²) in [6, 6.07) is 19.3. The lowest BCUT2D eigenvalue weighted by Crippen LogP contribution is -2.52. The Morgan fingerprint density at radius 2 is 1.71 bits per heavy atom. The Hall–Kier alpha value is -5.76. The SMILES string of the molecule is CN(Cc1cc2c(cc1F)C(=O)N(C1CCC(=O)NC1=O)C2)C1CCN(c2cccc(-c3cnc4ccc(N5CCC[C@@H]5c5cccc(F)c5)nn34)n2)CC1. The molecule has 5 aromatic rings. The first-order valence-electron chi connectivity index (χ1n) is 19.0. The maximum absolute atomic E-state index is 15.4. The first-order chi connectivity index (χ1) is 26.7. The minimum atomic E-state index is -0.738. The third-order valence-corrected chi connectivity index (χ3v) is 11.6. The largest absolute Gasteiger partial charge is 0.356 e. The lowest BCUT2D eigenvalue weighted by atomic mass is 10.0. The normalized spacial score (nSPS) is 20.6. The van der Waals surface area contributed by atoms with Crippen molar-refractivity contribution in [3.05, 3.63) is 107 Å². The Morgan fingerprint density at radius 3 is 2.53 bits per heavy atom. The second-order valence-corrected chi connectivity index (χ2v) is 15.0. The van der Waals surface area contributed by atoms with Crippen molar-refractivity contribution in [1.29, 1.82) is 0 Å². The van der Waals surface area contributed by atoms with Crippen LogP contribution in [0.25, 0.3) is 17.0 Å². The molecule has 14 heteroatoms. The molecule has 0 aliphatic carbocycles. The van der Waals surface area contributed by atoms with Crippen molar-refractivity contribution >= 4 is 35.0 Å². The van der Waals surface area contributed by atoms with Crippen LogP contribution < -0.4 is 15.1 Å². The van der Waals surface area contributed by atoms with E-state index in [1.807, 2.05) is 48.0 Å². The van der Waals surface area contributed by atoms with Gasteiger partial charge in [-0.05, 0) is 98.8 Å². The second-order valence-electron chi connectivity index (χ2n) is 15.0. The van der Waals surface area contributed by atoms with E-state index in [9.17, 15) is 18.8 Å². The average Bonchev–Trinajstić information content (AvgIpc) is 3.93. The van der Waals surface area contributed by atoms with Crippen LogP contribution in [0.3, 0.4) is 0 Å². The summed E-state index contributed by atoms with van der Waals surface area (Å²) >= 11 is 0. The fraction of sp³-hybridized carbons (Fsp3) is 0.366. The van der Waals surface area contributed by atoms with Crippen molar-refractivity contribution in [1.82, 2.24) is 34.7 Å². The number of pyridine rings is 1. The molecule has 55 heavy (non-hydrogen) atoms. The zero-order chi connectivity index (χ0) is 37.8. The molecule has 282 valence electrons. The number of carbonyl (C=O) groups excluding carboxylic acids is 3. The summed E-state index contributed by atoms with van der Waals surface area (Å²) in [5.41, 5.74) is 4.69. The quantitative estimate of drug-likeness (QED) is 0.212. The predicted octanol–water partition coefficient (Wildman–Crippen LogP) is 5.27. The van der Waals surface area contributed by atoms with Crippen LogP contribution >= 0.6 is 0 Å². The Bertz CT molecular complexity index is 2320. The van der Waals surface area contributed by atoms with Crippen LogP contribution in [0.2, 0.25) is 0 Å². The highest BCUT2D eigenvalue weighted by Gasteiger charge is 2.40. The number of nitrogens with one attached hydrogen (secondary N) is 1. The van der Waals surface area contributed by atoms with E-state index in [1.54, 1.807) is 24.4 Å². The summed E-state index contributed by atoms with van der Waals surface area (Å²) in [5.74, 6) is -0.211. The molecule has 4 aliphatic rings. The zero-order valence-electron chi connectivity index (χ0n) is 30.5. The van der Waals surface area contributed by atoms with Gasteiger partial charge in [0, 0.05) is 56.3 Å². The number of rotatable bonds is 8. The van der Waals surface area contributed by atoms with Crippen LogP contribution in [0, 0.1) is 11.6 Å². The molecule has 2 atom stereocenters. The molecule has 9 rings (SSSR count). The Balaban J connectivity index is 0.859. The lowest BCUT2D eigenvalue weighted by molar-refractivity contribution is -0.136. The van der Waals surface area contributed by atoms with E-state index in [0.717, 1.165) is 73.9 Å². The van der Waals surface area contributed by atoms with Crippen LogP contribution in [0.1, 0.15) is 71.6 Å². The number of fused-ring (bicyclic) bond motifs is 2. The minimum absolute atomic E-state index is 0.0481. The summed E-state index contributed by atoms with van der Waals surface area (Å²) in [7, 11) is 2.00. The van der Waals surface area contributed by atoms with Crippen LogP contribution in [0.4, 0.5) is 20.4 Å². The van der Waals surface area contributed by atoms with Gasteiger partial charge in [0.25, 0.3) is 5.91 Å². The second kappa shape index (κ2) is 14.1. The van der Waals surface area contributed by atoms with Gasteiger partial charge in [-0.25, -0.2) is 23.3 Å². The van der Waals surface area contributed by atoms with Gasteiger partial charge in [-0.15, -0.1) is 5.10 Å². The third-order valence-electron chi connectivity index (χ3n) is 11.6. The number of nitrogens with zero attached hydrogens (tertiary/aromatic N) is 8. The highest BCUT2D eigenvalue weighted by atomic mass is 19.1. The number of hydrogen-bond acceptors (Lipinski definition) is 9. The Labute approximate surface area is 316 Å². The molecule has 3 amide bonds. The van der Waals surface area contributed by atoms with Crippen LogP contribution in [-0.4, -0.2) is 85.9 Å². The topological polar surface area (TPSA) is 119 Å². The number of aromatic nitrogens is 4. The number of anilines is 2. The number of halogens is 2. The number of imidazole rings is 1. The van der Waals surface area contributed by atoms with Gasteiger partial charge in [0.1, 0.15) is 35.0 Å². The van der Waals surface area contributed by atoms with Gasteiger partial charge in [0.2, 0.25) is 11.8 Å². The molecule has 3 saturated heterocycles. The highest BCUT2D eigenvalue weighted by molar-refractivity contribution is 6.05. The van der Waals surface area contributed by atoms with Gasteiger partial charge in [0.05, 0.1) is 17.9 Å². The number of benzene rings is 2. The van der Waals surface area contributed by atoms with Gasteiger partial charge >= 0.3 is 0 Å². The molecule has 7 heterocycles. The first kappa shape index (κ1) is 35.0. The number of piperidine rings is 2. The number of carbonyl (C=O) groups is 3. The minimum Gasteiger partial charge on any atom is -0.356 e. The number of imide groups is 1. The van der Waals surface area contributed by atoms with Crippen molar-refractivity contribution in [3.8, 4) is 11.4 Å². The molecule has 0 radical (unpaired) electrons. The Morgan fingerprint density at radius 1 is 0.873 bits per heavy atom. The Kier molecular flexibility index (Phi) is 8.99. The van der Waals surface area contributed by atoms with Gasteiger partial charge in [0.15, 0.2) is 5.65 Å². The van der Waals surface area contributed by atoms with E-state index in [1.165, 1.54) is 17.0 Å². The van der Waals surface area contributed by atoms with E-state index in [-0.39, 0.29) is 54.7 Å². The molecule has 1 N–H and O–H groups in total. The molecule has 0 bridgehead atoms. The van der Waals surface area contributed by atoms with E-state index in [0.29, 0.717) is 23.3 Å². The third kappa shape index (κ3) is 6.58. The molecule has 3 fully saturated rings. The molecule has 12 nitrogen and oxygen atoms in total. The summed E-state index contributed by atoms with van der Waals surface area (Å²) in [6.45, 7) is 2.98. The van der Waals surface area contributed by atoms with E-state index < -0.39 is 17.8 Å². The maximum atomic E-state index is 15.4. The van der Waals surface area contributed by atoms with E-state index in [2.05, 4.69) is 25.0 Å². The summed E-state index contributed by atoms with van der Waals surface area (Å²) < 4.78 is 31.3. The van der Waals surface area contributed by atoms with Gasteiger partial charge in [-0.3, -0.25) is 24.6 Å². The number of hydrogen-bond donors (Lipinski definition) is 1. The summed E-state index contributed by atoms with van der Waals surface area (Å²) in [6.07, 6.45) is 5.87. The fourth-order valence-corrected chi connectivity index (χ4v) is 8.73. The van der Waals surface area contributed by atoms with Crippen LogP contribution in [0.15, 0.2) is 72.9 Å². The molecule has 3 aromatic heterocycles. The zero-order valence-corrected chi connectivity index (χ0v) is 30.5. The monoisotopic (exact) mass is 745 g/mol. The predicted molar refractivity (Wildman–Crippen MR) is 201 cm³/mol. The molecular weight excluding hydrogens is 705 g/mol. The maximum Gasteiger partial charge on any atom is 0.255 e. The lowest BCUT2D eigenvalue weighted by Gasteiger charge is -2.37. The van der Waals surface area contributed by atoms with Gasteiger partial charge < -0.3 is 14.7 Å². The molecule has 0 spiro atoms. The fourth-order valence-electron chi connectivity index (χ4n) is 8.73. The van der Waals surface area contributed by atoms with E-state index in [4.69, 9.17) is 10.1 Å². The molecule has 1 unspecified atom stereocenters. The van der Waals surface area contributed by atoms with Crippen LogP contribution in [-0.2, 0) is 22.7 Å². The van der Waals surface area contributed by atoms with Crippen molar-refractivity contribution in [3.63, 3.8) is 0 Å². The van der Waals surface area contributed by atoms with Crippen molar-refractivity contribution in [2.24, 2.45) is 0 Å². The average molecular weight is 746 g/mol. The standard InChI is InChI=1S/C41H41F2N9O3/c1-48(23-27-19-26-24-51(41(55)30(26)21-31(27)43)34-10-13-39(53)46-40(34)54)29-14-17-49(18-15-29)37-9-3-7-32(45-37)35-22-44-36-11-12-38(47-52(35)36)50-16-4-8-33(50)25-5-2-6-28(42)20-25/h2-3,5-7,9,11-12,19-22,29,33-34H,4,8,10,13-18,23-24H2,1H3,(H,46,53,54)/t33-,34?/m1/s1. The smallest absolute Gasteiger partial charge is 0.255 e. The molecule has 4 aliphatic heterocycles. The van der Waals surface area contributed by atoms with E-state index >= 15 is 4.39 Å². The van der Waals surface area contributed by atoms with Crippen molar-refractivity contribution in [2.45, 2.75) is 69.7 Å². The van der Waals surface area contributed by atoms with Gasteiger partial charge in [-0.1, -0.05) is 18.2 Å². The van der Waals surface area contributed by atoms with Gasteiger partial charge in [-0.2, -0.15) is 0 Å². The van der Waals surface area contributed by atoms with Crippen molar-refractivity contribution < 1.29 is 23.2 Å². The number of amides is 3.